The second-order valence-electron chi connectivity index (χ2n) is 13.7. The molecule has 5 aromatic carbocycles. The van der Waals surface area contributed by atoms with Gasteiger partial charge in [-0.15, -0.1) is 59.7 Å². The number of furan rings is 1. The number of aryl methyl sites for hydroxylation is 3. The molecule has 1 radical (unpaired) electrons. The Balaban J connectivity index is 0.000000222. The fraction of sp³-hybridized carbons (Fsp3) is 0.167. The van der Waals surface area contributed by atoms with Gasteiger partial charge in [-0.2, -0.15) is 0 Å². The second-order valence-corrected chi connectivity index (χ2v) is 18.8. The minimum Gasteiger partial charge on any atom is -0.500 e. The normalized spacial score (nSPS) is 15.9. The van der Waals surface area contributed by atoms with Crippen molar-refractivity contribution in [3.8, 4) is 33.6 Å². The first kappa shape index (κ1) is 26.8. The minimum atomic E-state index is -2.64. The third-order valence-corrected chi connectivity index (χ3v) is 11.1. The molecule has 5 heteroatoms. The number of hydrogen-bond acceptors (Lipinski definition) is 3. The molecular formula is C48H44IrN2OSi-2. The van der Waals surface area contributed by atoms with Gasteiger partial charge in [-0.3, -0.25) is 0 Å². The van der Waals surface area contributed by atoms with Gasteiger partial charge in [0.1, 0.15) is 5.58 Å². The third kappa shape index (κ3) is 8.19. The van der Waals surface area contributed by atoms with Gasteiger partial charge in [0.25, 0.3) is 0 Å². The van der Waals surface area contributed by atoms with Crippen LogP contribution in [0.3, 0.4) is 0 Å². The zero-order valence-electron chi connectivity index (χ0n) is 39.8. The van der Waals surface area contributed by atoms with Gasteiger partial charge in [0.05, 0.1) is 13.7 Å². The SMILES string of the molecule is [2H]C(C)(c1ccccc1)c1cc(-c2[c-]cccc2)ncc1[Si](C)(C)C.[2H]C([2H])([2H])c1cc(-c2[c-]cc3oc4cc(C([2H])([2H])[2H])c(C([2H])([2H])[2H])cc4c3c2)ncc1-c1ccccc1.[Ir]. The maximum absolute atomic E-state index is 9.17. The van der Waals surface area contributed by atoms with E-state index in [1.807, 2.05) is 98.0 Å². The van der Waals surface area contributed by atoms with E-state index in [4.69, 9.17) is 21.7 Å². The molecule has 0 saturated carbocycles. The molecule has 1 atom stereocenters. The maximum atomic E-state index is 9.17. The molecule has 1 unspecified atom stereocenters. The summed E-state index contributed by atoms with van der Waals surface area (Å²) in [6.07, 6.45) is 3.51. The van der Waals surface area contributed by atoms with E-state index in [1.165, 1.54) is 29.6 Å². The van der Waals surface area contributed by atoms with Crippen LogP contribution in [0.4, 0.5) is 0 Å². The molecule has 0 aliphatic rings. The molecular weight excluding hydrogens is 841 g/mol. The van der Waals surface area contributed by atoms with Crippen molar-refractivity contribution in [1.82, 2.24) is 9.97 Å². The van der Waals surface area contributed by atoms with Crippen LogP contribution in [-0.4, -0.2) is 18.0 Å². The molecule has 267 valence electrons. The van der Waals surface area contributed by atoms with Gasteiger partial charge in [-0.1, -0.05) is 105 Å². The van der Waals surface area contributed by atoms with Crippen LogP contribution in [-0.2, 0) is 20.1 Å². The Morgan fingerprint density at radius 1 is 0.679 bits per heavy atom. The first-order valence-corrected chi connectivity index (χ1v) is 20.6. The van der Waals surface area contributed by atoms with Crippen LogP contribution in [0.25, 0.3) is 55.6 Å². The summed E-state index contributed by atoms with van der Waals surface area (Å²) in [5, 5.41) is 2.21. The smallest absolute Gasteiger partial charge is 0.121 e. The Morgan fingerprint density at radius 2 is 1.34 bits per heavy atom. The molecule has 0 fully saturated rings. The van der Waals surface area contributed by atoms with E-state index in [-0.39, 0.29) is 42.4 Å². The summed E-state index contributed by atoms with van der Waals surface area (Å²) in [7, 11) is -1.64. The molecule has 8 aromatic rings. The Kier molecular flexibility index (Phi) is 8.07. The number of benzene rings is 5. The van der Waals surface area contributed by atoms with E-state index in [0.29, 0.717) is 33.2 Å². The monoisotopic (exact) mass is 895 g/mol. The van der Waals surface area contributed by atoms with Gasteiger partial charge in [0, 0.05) is 63.1 Å². The number of aromatic nitrogens is 2. The number of fused-ring (bicyclic) bond motifs is 3. The van der Waals surface area contributed by atoms with Crippen LogP contribution < -0.4 is 5.19 Å². The van der Waals surface area contributed by atoms with Gasteiger partial charge in [0.15, 0.2) is 0 Å². The zero-order chi connectivity index (χ0) is 44.8. The molecule has 3 nitrogen and oxygen atoms in total. The first-order valence-electron chi connectivity index (χ1n) is 22.1. The van der Waals surface area contributed by atoms with Crippen molar-refractivity contribution in [3.63, 3.8) is 0 Å². The van der Waals surface area contributed by atoms with Crippen molar-refractivity contribution in [3.05, 3.63) is 174 Å². The van der Waals surface area contributed by atoms with Crippen LogP contribution in [0.15, 0.2) is 138 Å². The molecule has 0 N–H and O–H groups in total. The van der Waals surface area contributed by atoms with Crippen LogP contribution >= 0.6 is 0 Å². The summed E-state index contributed by atoms with van der Waals surface area (Å²) in [4.78, 5) is 9.20. The van der Waals surface area contributed by atoms with Gasteiger partial charge < -0.3 is 14.4 Å². The molecule has 8 rings (SSSR count). The average Bonchev–Trinajstić information content (AvgIpc) is 3.60. The molecule has 0 aliphatic heterocycles. The van der Waals surface area contributed by atoms with E-state index in [0.717, 1.165) is 27.9 Å². The largest absolute Gasteiger partial charge is 0.500 e. The van der Waals surface area contributed by atoms with Gasteiger partial charge in [-0.25, -0.2) is 0 Å². The van der Waals surface area contributed by atoms with Crippen LogP contribution in [0.2, 0.25) is 19.6 Å². The topological polar surface area (TPSA) is 38.9 Å². The van der Waals surface area contributed by atoms with Crippen molar-refractivity contribution in [2.45, 2.75) is 53.0 Å². The number of hydrogen-bond donors (Lipinski definition) is 0. The molecule has 0 bridgehead atoms. The Hall–Kier alpha value is -4.93. The average molecular weight is 895 g/mol. The summed E-state index contributed by atoms with van der Waals surface area (Å²) in [6.45, 7) is 1.24. The van der Waals surface area contributed by atoms with E-state index in [1.54, 1.807) is 12.1 Å². The van der Waals surface area contributed by atoms with Crippen LogP contribution in [0, 0.1) is 32.7 Å². The molecule has 3 aromatic heterocycles. The zero-order valence-corrected chi connectivity index (χ0v) is 33.2. The summed E-state index contributed by atoms with van der Waals surface area (Å²) in [5.74, 6) is -0.816. The van der Waals surface area contributed by atoms with E-state index >= 15 is 0 Å². The molecule has 53 heavy (non-hydrogen) atoms. The van der Waals surface area contributed by atoms with Crippen molar-refractivity contribution in [2.75, 3.05) is 0 Å². The minimum absolute atomic E-state index is 0. The quantitative estimate of drug-likeness (QED) is 0.123. The Labute approximate surface area is 342 Å². The molecule has 0 saturated heterocycles. The van der Waals surface area contributed by atoms with Crippen LogP contribution in [0.5, 0.6) is 0 Å². The van der Waals surface area contributed by atoms with E-state index in [9.17, 15) is 1.37 Å². The Bertz CT molecular complexity index is 2870. The maximum Gasteiger partial charge on any atom is 0.121 e. The standard InChI is InChI=1S/C26H20NO.C22H24NSi.Ir/c1-16-11-21-22-14-20(9-10-25(22)28-26(21)13-17(16)2)24-12-18(3)23(15-27-24)19-7-5-4-6-8-19;1-17(18-11-7-5-8-12-18)20-15-21(19-13-9-6-10-14-19)23-16-22(20)24(2,3)4;/h4-8,10-15H,1-3H3;5-13,15-17H,1-4H3;/q2*-1;/i1D3,2D3,3D3;17D;. The number of pyridine rings is 2. The van der Waals surface area contributed by atoms with E-state index < -0.39 is 34.5 Å². The molecule has 0 amide bonds. The number of nitrogens with zero attached hydrogens (tertiary/aromatic N) is 2. The predicted molar refractivity (Wildman–Crippen MR) is 221 cm³/mol. The van der Waals surface area contributed by atoms with Crippen molar-refractivity contribution >= 4 is 35.2 Å². The second kappa shape index (κ2) is 16.0. The van der Waals surface area contributed by atoms with Gasteiger partial charge in [-0.05, 0) is 82.6 Å². The summed E-state index contributed by atoms with van der Waals surface area (Å²) in [5.41, 5.74) is 6.19. The molecule has 0 aliphatic carbocycles. The summed E-state index contributed by atoms with van der Waals surface area (Å²) >= 11 is 0. The Morgan fingerprint density at radius 3 is 2.04 bits per heavy atom. The summed E-state index contributed by atoms with van der Waals surface area (Å²) < 4.78 is 86.1. The first-order chi connectivity index (χ1) is 29.0. The van der Waals surface area contributed by atoms with Gasteiger partial charge >= 0.3 is 0 Å². The fourth-order valence-electron chi connectivity index (χ4n) is 6.27. The predicted octanol–water partition coefficient (Wildman–Crippen LogP) is 12.3. The summed E-state index contributed by atoms with van der Waals surface area (Å²) in [6, 6.07) is 42.8. The molecule has 3 heterocycles. The third-order valence-electron chi connectivity index (χ3n) is 9.12. The number of rotatable bonds is 6. The van der Waals surface area contributed by atoms with Crippen molar-refractivity contribution < 1.29 is 38.2 Å². The fourth-order valence-corrected chi connectivity index (χ4v) is 7.79. The van der Waals surface area contributed by atoms with Crippen LogP contribution in [0.1, 0.15) is 54.3 Å². The van der Waals surface area contributed by atoms with Crippen molar-refractivity contribution in [2.24, 2.45) is 0 Å². The van der Waals surface area contributed by atoms with Gasteiger partial charge in [0.2, 0.25) is 0 Å². The van der Waals surface area contributed by atoms with E-state index in [2.05, 4.69) is 42.8 Å². The molecule has 0 spiro atoms. The van der Waals surface area contributed by atoms with Crippen molar-refractivity contribution in [1.29, 1.82) is 0 Å².